The molecule has 0 unspecified atom stereocenters. The molecule has 2 aromatic carbocycles. The maximum atomic E-state index is 4.90. The minimum atomic E-state index is 0.194. The zero-order chi connectivity index (χ0) is 23.8. The van der Waals surface area contributed by atoms with Gasteiger partial charge in [0, 0.05) is 0 Å². The first-order chi connectivity index (χ1) is 15.2. The Bertz CT molecular complexity index is 1110. The quantitative estimate of drug-likeness (QED) is 0.257. The number of hydrogen-bond acceptors (Lipinski definition) is 3. The third kappa shape index (κ3) is 7.02. The van der Waals surface area contributed by atoms with Gasteiger partial charge in [0.25, 0.3) is 0 Å². The van der Waals surface area contributed by atoms with Gasteiger partial charge >= 0.3 is 33.3 Å². The molecule has 0 atom stereocenters. The summed E-state index contributed by atoms with van der Waals surface area (Å²) in [6, 6.07) is 16.6. The molecule has 0 spiro atoms. The predicted molar refractivity (Wildman–Crippen MR) is 136 cm³/mol. The van der Waals surface area contributed by atoms with Gasteiger partial charge in [-0.3, -0.25) is 9.98 Å². The van der Waals surface area contributed by atoms with E-state index in [0.29, 0.717) is 0 Å². The Morgan fingerprint density at radius 2 is 1.06 bits per heavy atom. The molecule has 3 rings (SSSR count). The molecule has 3 aromatic rings. The van der Waals surface area contributed by atoms with Gasteiger partial charge in [0.1, 0.15) is 0 Å². The van der Waals surface area contributed by atoms with Crippen molar-refractivity contribution in [3.8, 4) is 0 Å². The molecule has 170 valence electrons. The fourth-order valence-corrected chi connectivity index (χ4v) is 3.62. The van der Waals surface area contributed by atoms with Gasteiger partial charge in [-0.1, -0.05) is 42.0 Å². The standard InChI is InChI=1S/C26H29N3.2ClH.Fe/c1-16-14-19(4)26(20(5)15-16)28-22(7)24-13-9-12-23(29-24)21(6)27-25-17(2)10-8-11-18(25)3;;;/h8-15H,1-7H3;2*1H;/q;;;+2/p-2. The third-order valence-corrected chi connectivity index (χ3v) is 5.12. The second-order valence-corrected chi connectivity index (χ2v) is 9.66. The van der Waals surface area contributed by atoms with Gasteiger partial charge in [-0.25, -0.2) is 4.98 Å². The van der Waals surface area contributed by atoms with Crippen molar-refractivity contribution in [3.63, 3.8) is 0 Å². The van der Waals surface area contributed by atoms with Gasteiger partial charge in [-0.05, 0) is 82.9 Å². The molecule has 0 bridgehead atoms. The molecular weight excluding hydrogens is 481 g/mol. The van der Waals surface area contributed by atoms with E-state index in [2.05, 4.69) is 65.0 Å². The van der Waals surface area contributed by atoms with E-state index in [9.17, 15) is 0 Å². The Balaban J connectivity index is 0.00000114. The molecule has 1 aromatic heterocycles. The van der Waals surface area contributed by atoms with Crippen LogP contribution in [0, 0.1) is 34.6 Å². The van der Waals surface area contributed by atoms with Crippen molar-refractivity contribution in [2.24, 2.45) is 9.98 Å². The van der Waals surface area contributed by atoms with Crippen LogP contribution in [0.5, 0.6) is 0 Å². The van der Waals surface area contributed by atoms with Gasteiger partial charge < -0.3 is 0 Å². The van der Waals surface area contributed by atoms with Crippen LogP contribution in [0.4, 0.5) is 11.4 Å². The van der Waals surface area contributed by atoms with E-state index in [1.54, 1.807) is 0 Å². The Morgan fingerprint density at radius 3 is 1.50 bits per heavy atom. The Hall–Kier alpha value is -1.97. The summed E-state index contributed by atoms with van der Waals surface area (Å²) in [7, 11) is 9.53. The van der Waals surface area contributed by atoms with E-state index in [4.69, 9.17) is 35.2 Å². The van der Waals surface area contributed by atoms with Gasteiger partial charge in [-0.2, -0.15) is 0 Å². The molecule has 0 aliphatic heterocycles. The van der Waals surface area contributed by atoms with Crippen LogP contribution in [0.25, 0.3) is 0 Å². The number of aryl methyl sites for hydroxylation is 5. The second-order valence-electron chi connectivity index (χ2n) is 7.84. The summed E-state index contributed by atoms with van der Waals surface area (Å²) >= 11 is 0.194. The van der Waals surface area contributed by atoms with Crippen molar-refractivity contribution in [2.45, 2.75) is 48.5 Å². The number of para-hydroxylation sites is 1. The fourth-order valence-electron chi connectivity index (χ4n) is 3.62. The molecular formula is C26H29Cl2FeN3. The van der Waals surface area contributed by atoms with Crippen LogP contribution in [0.2, 0.25) is 0 Å². The average Bonchev–Trinajstić information content (AvgIpc) is 2.74. The summed E-state index contributed by atoms with van der Waals surface area (Å²) in [5, 5.41) is 0. The normalized spacial score (nSPS) is 11.9. The first-order valence-corrected chi connectivity index (χ1v) is 13.3. The van der Waals surface area contributed by atoms with Gasteiger partial charge in [0.05, 0.1) is 34.2 Å². The van der Waals surface area contributed by atoms with Crippen LogP contribution < -0.4 is 0 Å². The molecule has 32 heavy (non-hydrogen) atoms. The topological polar surface area (TPSA) is 37.6 Å². The average molecular weight is 510 g/mol. The van der Waals surface area contributed by atoms with Crippen molar-refractivity contribution in [1.29, 1.82) is 0 Å². The molecule has 0 fully saturated rings. The first kappa shape index (κ1) is 26.3. The summed E-state index contributed by atoms with van der Waals surface area (Å²) < 4.78 is 0. The van der Waals surface area contributed by atoms with Gasteiger partial charge in [0.2, 0.25) is 0 Å². The van der Waals surface area contributed by atoms with Crippen molar-refractivity contribution in [2.75, 3.05) is 0 Å². The van der Waals surface area contributed by atoms with Crippen molar-refractivity contribution in [3.05, 3.63) is 87.7 Å². The minimum absolute atomic E-state index is 0.194. The fraction of sp³-hybridized carbons (Fsp3) is 0.269. The second kappa shape index (κ2) is 12.3. The van der Waals surface area contributed by atoms with E-state index in [1.807, 2.05) is 32.0 Å². The summed E-state index contributed by atoms with van der Waals surface area (Å²) in [4.78, 5) is 14.6. The molecule has 0 aliphatic carbocycles. The van der Waals surface area contributed by atoms with Crippen LogP contribution in [0.3, 0.4) is 0 Å². The van der Waals surface area contributed by atoms with Crippen LogP contribution in [0.15, 0.2) is 58.5 Å². The Kier molecular flexibility index (Phi) is 10.1. The zero-order valence-corrected chi connectivity index (χ0v) is 22.2. The molecule has 0 radical (unpaired) electrons. The van der Waals surface area contributed by atoms with E-state index < -0.39 is 0 Å². The summed E-state index contributed by atoms with van der Waals surface area (Å²) in [5.74, 6) is 0. The number of aromatic nitrogens is 1. The van der Waals surface area contributed by atoms with Crippen LogP contribution >= 0.6 is 20.2 Å². The molecule has 6 heteroatoms. The first-order valence-electron chi connectivity index (χ1n) is 10.3. The Morgan fingerprint density at radius 1 is 0.688 bits per heavy atom. The van der Waals surface area contributed by atoms with Crippen molar-refractivity contribution < 1.29 is 13.1 Å². The van der Waals surface area contributed by atoms with Gasteiger partial charge in [-0.15, -0.1) is 0 Å². The van der Waals surface area contributed by atoms with Gasteiger partial charge in [0.15, 0.2) is 0 Å². The van der Waals surface area contributed by atoms with Crippen molar-refractivity contribution >= 4 is 43.0 Å². The molecule has 3 nitrogen and oxygen atoms in total. The maximum absolute atomic E-state index is 4.90. The monoisotopic (exact) mass is 509 g/mol. The SMILES string of the molecule is CC(=Nc1c(C)cccc1C)c1cccc(C(C)=Nc2c(C)cc(C)cc2C)n1.[Cl][Fe][Cl]. The number of benzene rings is 2. The molecule has 0 saturated carbocycles. The Labute approximate surface area is 206 Å². The summed E-state index contributed by atoms with van der Waals surface area (Å²) in [6.45, 7) is 14.5. The predicted octanol–water partition coefficient (Wildman–Crippen LogP) is 8.28. The molecule has 0 saturated heterocycles. The van der Waals surface area contributed by atoms with E-state index >= 15 is 0 Å². The number of nitrogens with zero attached hydrogens (tertiary/aromatic N) is 3. The summed E-state index contributed by atoms with van der Waals surface area (Å²) in [5.41, 5.74) is 11.6. The number of aliphatic imine (C=N–C) groups is 2. The summed E-state index contributed by atoms with van der Waals surface area (Å²) in [6.07, 6.45) is 0. The molecule has 0 amide bonds. The van der Waals surface area contributed by atoms with Crippen LogP contribution in [0.1, 0.15) is 53.1 Å². The zero-order valence-electron chi connectivity index (χ0n) is 19.6. The number of rotatable bonds is 4. The number of pyridine rings is 1. The van der Waals surface area contributed by atoms with Crippen LogP contribution in [-0.2, 0) is 13.1 Å². The number of hydrogen-bond donors (Lipinski definition) is 0. The van der Waals surface area contributed by atoms with E-state index in [0.717, 1.165) is 34.2 Å². The van der Waals surface area contributed by atoms with E-state index in [-0.39, 0.29) is 13.1 Å². The third-order valence-electron chi connectivity index (χ3n) is 5.12. The molecule has 0 N–H and O–H groups in total. The van der Waals surface area contributed by atoms with E-state index in [1.165, 1.54) is 27.8 Å². The number of halogens is 2. The van der Waals surface area contributed by atoms with Crippen molar-refractivity contribution in [1.82, 2.24) is 4.98 Å². The molecule has 0 aliphatic rings. The van der Waals surface area contributed by atoms with Crippen LogP contribution in [-0.4, -0.2) is 16.4 Å². The molecule has 1 heterocycles.